The van der Waals surface area contributed by atoms with E-state index in [1.807, 2.05) is 0 Å². The van der Waals surface area contributed by atoms with E-state index in [-0.39, 0.29) is 12.1 Å². The lowest BCUT2D eigenvalue weighted by molar-refractivity contribution is -0.143. The minimum atomic E-state index is -0.00494. The second kappa shape index (κ2) is 16.4. The fourth-order valence-electron chi connectivity index (χ4n) is 1.84. The number of carbonyl (C=O) groups is 1. The first-order valence-corrected chi connectivity index (χ1v) is 7.46. The molecule has 0 saturated carbocycles. The maximum absolute atomic E-state index is 11.3. The standard InChI is InChI=1S/C15H30O2.H3N/c1-3-5-7-8-9-10-11-13-15(16)17-14-12-6-4-2;/h3-14H2,1-2H3;1H3. The summed E-state index contributed by atoms with van der Waals surface area (Å²) in [6.45, 7) is 5.00. The second-order valence-corrected chi connectivity index (χ2v) is 4.80. The molecule has 0 aromatic rings. The molecular weight excluding hydrogens is 226 g/mol. The maximum atomic E-state index is 11.3. The smallest absolute Gasteiger partial charge is 0.305 e. The molecule has 0 aliphatic carbocycles. The summed E-state index contributed by atoms with van der Waals surface area (Å²) >= 11 is 0. The summed E-state index contributed by atoms with van der Waals surface area (Å²) in [4.78, 5) is 11.3. The molecule has 0 atom stereocenters. The van der Waals surface area contributed by atoms with Crippen molar-refractivity contribution < 1.29 is 9.53 Å². The summed E-state index contributed by atoms with van der Waals surface area (Å²) in [6, 6.07) is 0. The summed E-state index contributed by atoms with van der Waals surface area (Å²) in [6.07, 6.45) is 12.7. The SMILES string of the molecule is CCCCCCCCCC(=O)OCCCCC.N. The summed E-state index contributed by atoms with van der Waals surface area (Å²) in [7, 11) is 0. The van der Waals surface area contributed by atoms with Crippen LogP contribution in [0.3, 0.4) is 0 Å². The van der Waals surface area contributed by atoms with E-state index in [1.165, 1.54) is 44.9 Å². The van der Waals surface area contributed by atoms with Gasteiger partial charge in [0.05, 0.1) is 6.61 Å². The van der Waals surface area contributed by atoms with Crippen LogP contribution in [0.1, 0.15) is 84.5 Å². The molecule has 3 nitrogen and oxygen atoms in total. The van der Waals surface area contributed by atoms with E-state index in [4.69, 9.17) is 4.74 Å². The molecule has 3 N–H and O–H groups in total. The average Bonchev–Trinajstić information content (AvgIpc) is 2.33. The molecule has 0 aliphatic heterocycles. The Bertz CT molecular complexity index is 172. The Balaban J connectivity index is 0. The molecule has 110 valence electrons. The molecule has 0 fully saturated rings. The van der Waals surface area contributed by atoms with Crippen molar-refractivity contribution in [3.05, 3.63) is 0 Å². The molecular formula is C15H33NO2. The van der Waals surface area contributed by atoms with Crippen molar-refractivity contribution in [2.75, 3.05) is 6.61 Å². The molecule has 18 heavy (non-hydrogen) atoms. The molecule has 0 rings (SSSR count). The van der Waals surface area contributed by atoms with Gasteiger partial charge in [-0.3, -0.25) is 4.79 Å². The lowest BCUT2D eigenvalue weighted by Gasteiger charge is -2.04. The maximum Gasteiger partial charge on any atom is 0.305 e. The minimum Gasteiger partial charge on any atom is -0.466 e. The first kappa shape index (κ1) is 19.8. The van der Waals surface area contributed by atoms with Gasteiger partial charge in [0.15, 0.2) is 0 Å². The monoisotopic (exact) mass is 259 g/mol. The van der Waals surface area contributed by atoms with Crippen LogP contribution in [-0.2, 0) is 9.53 Å². The van der Waals surface area contributed by atoms with Gasteiger partial charge >= 0.3 is 5.97 Å². The molecule has 0 heterocycles. The fourth-order valence-corrected chi connectivity index (χ4v) is 1.84. The van der Waals surface area contributed by atoms with Crippen LogP contribution in [0.5, 0.6) is 0 Å². The number of hydrogen-bond donors (Lipinski definition) is 1. The lowest BCUT2D eigenvalue weighted by Crippen LogP contribution is -2.05. The van der Waals surface area contributed by atoms with E-state index >= 15 is 0 Å². The molecule has 0 unspecified atom stereocenters. The fraction of sp³-hybridized carbons (Fsp3) is 0.933. The van der Waals surface area contributed by atoms with Crippen LogP contribution in [0, 0.1) is 0 Å². The van der Waals surface area contributed by atoms with E-state index in [0.29, 0.717) is 13.0 Å². The minimum absolute atomic E-state index is 0. The predicted octanol–water partition coefficient (Wildman–Crippen LogP) is 5.02. The van der Waals surface area contributed by atoms with Crippen molar-refractivity contribution in [1.82, 2.24) is 6.15 Å². The Morgan fingerprint density at radius 2 is 1.28 bits per heavy atom. The van der Waals surface area contributed by atoms with Crippen molar-refractivity contribution >= 4 is 5.97 Å². The largest absolute Gasteiger partial charge is 0.466 e. The molecule has 0 amide bonds. The molecule has 0 aromatic heterocycles. The Hall–Kier alpha value is -0.570. The summed E-state index contributed by atoms with van der Waals surface area (Å²) in [5.41, 5.74) is 0. The van der Waals surface area contributed by atoms with Gasteiger partial charge in [0.2, 0.25) is 0 Å². The first-order chi connectivity index (χ1) is 8.31. The van der Waals surface area contributed by atoms with Crippen LogP contribution >= 0.6 is 0 Å². The highest BCUT2D eigenvalue weighted by Gasteiger charge is 2.01. The van der Waals surface area contributed by atoms with Crippen LogP contribution in [-0.4, -0.2) is 12.6 Å². The zero-order valence-corrected chi connectivity index (χ0v) is 12.5. The van der Waals surface area contributed by atoms with Gasteiger partial charge in [-0.1, -0.05) is 65.2 Å². The van der Waals surface area contributed by atoms with Crippen LogP contribution in [0.2, 0.25) is 0 Å². The highest BCUT2D eigenvalue weighted by molar-refractivity contribution is 5.69. The topological polar surface area (TPSA) is 61.3 Å². The van der Waals surface area contributed by atoms with Gasteiger partial charge in [0, 0.05) is 6.42 Å². The Labute approximate surface area is 113 Å². The third-order valence-electron chi connectivity index (χ3n) is 3.00. The van der Waals surface area contributed by atoms with Gasteiger partial charge in [-0.15, -0.1) is 0 Å². The summed E-state index contributed by atoms with van der Waals surface area (Å²) < 4.78 is 5.15. The first-order valence-electron chi connectivity index (χ1n) is 7.46. The average molecular weight is 259 g/mol. The lowest BCUT2D eigenvalue weighted by atomic mass is 10.1. The Morgan fingerprint density at radius 3 is 1.89 bits per heavy atom. The van der Waals surface area contributed by atoms with Crippen LogP contribution in [0.25, 0.3) is 0 Å². The normalized spacial score (nSPS) is 9.89. The zero-order chi connectivity index (χ0) is 12.8. The Morgan fingerprint density at radius 1 is 0.778 bits per heavy atom. The highest BCUT2D eigenvalue weighted by atomic mass is 16.5. The van der Waals surface area contributed by atoms with Crippen molar-refractivity contribution in [3.8, 4) is 0 Å². The molecule has 0 bridgehead atoms. The van der Waals surface area contributed by atoms with Gasteiger partial charge in [-0.2, -0.15) is 0 Å². The van der Waals surface area contributed by atoms with Crippen molar-refractivity contribution in [2.24, 2.45) is 0 Å². The van der Waals surface area contributed by atoms with Gasteiger partial charge in [-0.25, -0.2) is 0 Å². The number of carbonyl (C=O) groups excluding carboxylic acids is 1. The van der Waals surface area contributed by atoms with Gasteiger partial charge in [-0.05, 0) is 12.8 Å². The van der Waals surface area contributed by atoms with Gasteiger partial charge in [0.25, 0.3) is 0 Å². The number of esters is 1. The molecule has 0 radical (unpaired) electrons. The zero-order valence-electron chi connectivity index (χ0n) is 12.5. The van der Waals surface area contributed by atoms with Crippen molar-refractivity contribution in [1.29, 1.82) is 0 Å². The quantitative estimate of drug-likeness (QED) is 0.395. The molecule has 0 aromatic carbocycles. The van der Waals surface area contributed by atoms with Gasteiger partial charge < -0.3 is 10.9 Å². The third-order valence-corrected chi connectivity index (χ3v) is 3.00. The number of hydrogen-bond acceptors (Lipinski definition) is 3. The van der Waals surface area contributed by atoms with E-state index in [2.05, 4.69) is 13.8 Å². The molecule has 0 spiro atoms. The molecule has 3 heteroatoms. The summed E-state index contributed by atoms with van der Waals surface area (Å²) in [5.74, 6) is -0.00494. The van der Waals surface area contributed by atoms with E-state index in [1.54, 1.807) is 0 Å². The molecule has 0 saturated heterocycles. The highest BCUT2D eigenvalue weighted by Crippen LogP contribution is 2.08. The number of rotatable bonds is 12. The van der Waals surface area contributed by atoms with Crippen LogP contribution in [0.15, 0.2) is 0 Å². The van der Waals surface area contributed by atoms with E-state index in [0.717, 1.165) is 19.3 Å². The second-order valence-electron chi connectivity index (χ2n) is 4.80. The Kier molecular flexibility index (Phi) is 18.0. The van der Waals surface area contributed by atoms with Crippen LogP contribution in [0.4, 0.5) is 0 Å². The van der Waals surface area contributed by atoms with Crippen molar-refractivity contribution in [2.45, 2.75) is 84.5 Å². The van der Waals surface area contributed by atoms with Crippen molar-refractivity contribution in [3.63, 3.8) is 0 Å². The number of ether oxygens (including phenoxy) is 1. The van der Waals surface area contributed by atoms with Gasteiger partial charge in [0.1, 0.15) is 0 Å². The van der Waals surface area contributed by atoms with Crippen LogP contribution < -0.4 is 6.15 Å². The number of unbranched alkanes of at least 4 members (excludes halogenated alkanes) is 8. The molecule has 0 aliphatic rings. The predicted molar refractivity (Wildman–Crippen MR) is 78.1 cm³/mol. The van der Waals surface area contributed by atoms with E-state index < -0.39 is 0 Å². The summed E-state index contributed by atoms with van der Waals surface area (Å²) in [5, 5.41) is 0. The third kappa shape index (κ3) is 15.4. The van der Waals surface area contributed by atoms with E-state index in [9.17, 15) is 4.79 Å².